The highest BCUT2D eigenvalue weighted by Crippen LogP contribution is 2.45. The molecule has 0 aliphatic rings. The van der Waals surface area contributed by atoms with Gasteiger partial charge in [0.15, 0.2) is 11.6 Å². The Morgan fingerprint density at radius 1 is 1.00 bits per heavy atom. The molecule has 0 saturated heterocycles. The minimum absolute atomic E-state index is 0.0129. The summed E-state index contributed by atoms with van der Waals surface area (Å²) in [6, 6.07) is 20.5. The minimum Gasteiger partial charge on any atom is -0.492 e. The van der Waals surface area contributed by atoms with E-state index in [4.69, 9.17) is 15.2 Å². The van der Waals surface area contributed by atoms with Crippen molar-refractivity contribution in [2.24, 2.45) is 5.41 Å². The van der Waals surface area contributed by atoms with Gasteiger partial charge in [-0.1, -0.05) is 66.7 Å². The minimum atomic E-state index is -1.86. The number of halogens is 2. The van der Waals surface area contributed by atoms with Gasteiger partial charge in [0.2, 0.25) is 0 Å². The zero-order chi connectivity index (χ0) is 22.4. The molecule has 0 heterocycles. The van der Waals surface area contributed by atoms with Gasteiger partial charge >= 0.3 is 5.97 Å². The highest BCUT2D eigenvalue weighted by Gasteiger charge is 2.45. The number of hydrogen-bond donors (Lipinski definition) is 1. The third kappa shape index (κ3) is 4.85. The van der Waals surface area contributed by atoms with Gasteiger partial charge in [-0.05, 0) is 30.5 Å². The van der Waals surface area contributed by atoms with Crippen LogP contribution in [0.3, 0.4) is 0 Å². The maximum atomic E-state index is 16.0. The van der Waals surface area contributed by atoms with Crippen molar-refractivity contribution in [3.8, 4) is 5.75 Å². The molecule has 0 fully saturated rings. The van der Waals surface area contributed by atoms with Crippen LogP contribution in [-0.2, 0) is 22.6 Å². The van der Waals surface area contributed by atoms with Crippen LogP contribution in [0.4, 0.5) is 14.5 Å². The molecule has 2 atom stereocenters. The number of esters is 1. The first kappa shape index (κ1) is 22.3. The Morgan fingerprint density at radius 3 is 2.16 bits per heavy atom. The smallest absolute Gasteiger partial charge is 0.315 e. The highest BCUT2D eigenvalue weighted by molar-refractivity contribution is 5.79. The highest BCUT2D eigenvalue weighted by atomic mass is 19.1. The van der Waals surface area contributed by atoms with E-state index in [2.05, 4.69) is 0 Å². The summed E-state index contributed by atoms with van der Waals surface area (Å²) in [5.41, 5.74) is 5.74. The Kier molecular flexibility index (Phi) is 6.90. The lowest BCUT2D eigenvalue weighted by Crippen LogP contribution is -2.37. The van der Waals surface area contributed by atoms with Crippen LogP contribution in [0, 0.1) is 11.2 Å². The van der Waals surface area contributed by atoms with Crippen molar-refractivity contribution in [3.63, 3.8) is 0 Å². The van der Waals surface area contributed by atoms with Crippen molar-refractivity contribution >= 4 is 11.7 Å². The maximum absolute atomic E-state index is 16.0. The number of nitrogen functional groups attached to an aromatic ring is 1. The van der Waals surface area contributed by atoms with Crippen LogP contribution in [-0.4, -0.2) is 13.1 Å². The summed E-state index contributed by atoms with van der Waals surface area (Å²) < 4.78 is 40.5. The Bertz CT molecular complexity index is 1030. The average molecular weight is 425 g/mol. The lowest BCUT2D eigenvalue weighted by atomic mass is 9.76. The van der Waals surface area contributed by atoms with Gasteiger partial charge in [0.25, 0.3) is 0 Å². The third-order valence-corrected chi connectivity index (χ3v) is 5.31. The fraction of sp³-hybridized carbons (Fsp3) is 0.240. The first-order chi connectivity index (χ1) is 14.9. The number of rotatable bonds is 8. The fourth-order valence-electron chi connectivity index (χ4n) is 3.53. The molecule has 0 amide bonds. The number of methoxy groups -OCH3 is 1. The van der Waals surface area contributed by atoms with Crippen LogP contribution in [0.15, 0.2) is 72.8 Å². The number of alkyl halides is 1. The molecule has 0 aliphatic carbocycles. The normalized spacial score (nSPS) is 13.8. The third-order valence-electron chi connectivity index (χ3n) is 5.31. The molecule has 3 aromatic rings. The standard InChI is InChI=1S/C25H25F2NO3/c1-25(15-17-9-5-3-6-10-17,24(29)31-16-18-11-7-4-8-12-18)23(27)19-13-14-20(26)22(30-2)21(19)28/h3-14,23H,15-16,28H2,1-2H3. The Morgan fingerprint density at radius 2 is 1.58 bits per heavy atom. The summed E-state index contributed by atoms with van der Waals surface area (Å²) in [6.45, 7) is 1.51. The molecule has 162 valence electrons. The number of hydrogen-bond acceptors (Lipinski definition) is 4. The second-order valence-corrected chi connectivity index (χ2v) is 7.59. The van der Waals surface area contributed by atoms with Gasteiger partial charge in [0, 0.05) is 5.56 Å². The van der Waals surface area contributed by atoms with E-state index in [0.29, 0.717) is 0 Å². The lowest BCUT2D eigenvalue weighted by molar-refractivity contribution is -0.161. The zero-order valence-electron chi connectivity index (χ0n) is 17.5. The van der Waals surface area contributed by atoms with E-state index in [9.17, 15) is 9.18 Å². The summed E-state index contributed by atoms with van der Waals surface area (Å²) in [5.74, 6) is -1.66. The van der Waals surface area contributed by atoms with Crippen LogP contribution < -0.4 is 10.5 Å². The van der Waals surface area contributed by atoms with Gasteiger partial charge in [-0.2, -0.15) is 0 Å². The van der Waals surface area contributed by atoms with Gasteiger partial charge in [-0.3, -0.25) is 4.79 Å². The molecule has 0 aromatic heterocycles. The molecule has 6 heteroatoms. The Labute approximate surface area is 180 Å². The quantitative estimate of drug-likeness (QED) is 0.387. The predicted octanol–water partition coefficient (Wildman–Crippen LogP) is 5.42. The number of anilines is 1. The van der Waals surface area contributed by atoms with Crippen molar-refractivity contribution in [2.45, 2.75) is 26.1 Å². The summed E-state index contributed by atoms with van der Waals surface area (Å²) >= 11 is 0. The largest absolute Gasteiger partial charge is 0.492 e. The summed E-state index contributed by atoms with van der Waals surface area (Å²) in [4.78, 5) is 13.2. The van der Waals surface area contributed by atoms with E-state index in [1.54, 1.807) is 0 Å². The van der Waals surface area contributed by atoms with E-state index in [0.717, 1.165) is 17.2 Å². The van der Waals surface area contributed by atoms with E-state index >= 15 is 4.39 Å². The second-order valence-electron chi connectivity index (χ2n) is 7.59. The Hall–Kier alpha value is -3.41. The van der Waals surface area contributed by atoms with Crippen molar-refractivity contribution < 1.29 is 23.0 Å². The first-order valence-electron chi connectivity index (χ1n) is 9.88. The van der Waals surface area contributed by atoms with Crippen molar-refractivity contribution in [2.75, 3.05) is 12.8 Å². The van der Waals surface area contributed by atoms with Crippen LogP contribution in [0.25, 0.3) is 0 Å². The van der Waals surface area contributed by atoms with Gasteiger partial charge in [0.05, 0.1) is 12.8 Å². The second kappa shape index (κ2) is 9.60. The van der Waals surface area contributed by atoms with E-state index in [1.807, 2.05) is 60.7 Å². The fourth-order valence-corrected chi connectivity index (χ4v) is 3.53. The molecule has 2 N–H and O–H groups in total. The Balaban J connectivity index is 1.96. The van der Waals surface area contributed by atoms with Crippen molar-refractivity contribution in [1.29, 1.82) is 0 Å². The molecule has 0 bridgehead atoms. The van der Waals surface area contributed by atoms with Crippen molar-refractivity contribution in [3.05, 3.63) is 95.3 Å². The number of carbonyl (C=O) groups is 1. The number of ether oxygens (including phenoxy) is 2. The molecular formula is C25H25F2NO3. The maximum Gasteiger partial charge on any atom is 0.315 e. The molecule has 2 unspecified atom stereocenters. The van der Waals surface area contributed by atoms with Crippen LogP contribution in [0.1, 0.15) is 29.8 Å². The summed E-state index contributed by atoms with van der Waals surface area (Å²) in [5, 5.41) is 0. The molecule has 4 nitrogen and oxygen atoms in total. The molecule has 0 saturated carbocycles. The monoisotopic (exact) mass is 425 g/mol. The van der Waals surface area contributed by atoms with Crippen LogP contribution in [0.5, 0.6) is 5.75 Å². The van der Waals surface area contributed by atoms with E-state index in [-0.39, 0.29) is 30.0 Å². The van der Waals surface area contributed by atoms with E-state index < -0.39 is 23.4 Å². The van der Waals surface area contributed by atoms with E-state index in [1.165, 1.54) is 20.1 Å². The lowest BCUT2D eigenvalue weighted by Gasteiger charge is -2.32. The van der Waals surface area contributed by atoms with Gasteiger partial charge in [-0.15, -0.1) is 0 Å². The van der Waals surface area contributed by atoms with Crippen molar-refractivity contribution in [1.82, 2.24) is 0 Å². The number of carbonyl (C=O) groups excluding carboxylic acids is 1. The van der Waals surface area contributed by atoms with Gasteiger partial charge < -0.3 is 15.2 Å². The average Bonchev–Trinajstić information content (AvgIpc) is 2.78. The topological polar surface area (TPSA) is 61.5 Å². The number of nitrogens with two attached hydrogens (primary N) is 1. The predicted molar refractivity (Wildman–Crippen MR) is 116 cm³/mol. The molecular weight excluding hydrogens is 400 g/mol. The van der Waals surface area contributed by atoms with Crippen LogP contribution >= 0.6 is 0 Å². The van der Waals surface area contributed by atoms with Crippen LogP contribution in [0.2, 0.25) is 0 Å². The first-order valence-corrected chi connectivity index (χ1v) is 9.88. The molecule has 0 aliphatic heterocycles. The SMILES string of the molecule is COc1c(F)ccc(C(F)C(C)(Cc2ccccc2)C(=O)OCc2ccccc2)c1N. The van der Waals surface area contributed by atoms with Gasteiger partial charge in [-0.25, -0.2) is 8.78 Å². The summed E-state index contributed by atoms with van der Waals surface area (Å²) in [6.07, 6.45) is -1.78. The summed E-state index contributed by atoms with van der Waals surface area (Å²) in [7, 11) is 1.25. The molecule has 3 aromatic carbocycles. The molecule has 31 heavy (non-hydrogen) atoms. The molecule has 0 radical (unpaired) electrons. The molecule has 0 spiro atoms. The van der Waals surface area contributed by atoms with Gasteiger partial charge in [0.1, 0.15) is 18.2 Å². The number of benzene rings is 3. The molecule has 3 rings (SSSR count). The zero-order valence-corrected chi connectivity index (χ0v) is 17.5.